The molecule has 0 bridgehead atoms. The van der Waals surface area contributed by atoms with Gasteiger partial charge in [-0.25, -0.2) is 0 Å². The molecule has 0 fully saturated rings. The molecule has 1 aromatic carbocycles. The van der Waals surface area contributed by atoms with Gasteiger partial charge in [0.05, 0.1) is 11.7 Å². The van der Waals surface area contributed by atoms with E-state index in [1.165, 1.54) is 6.07 Å². The summed E-state index contributed by atoms with van der Waals surface area (Å²) in [5.41, 5.74) is 2.98. The summed E-state index contributed by atoms with van der Waals surface area (Å²) >= 11 is 0. The summed E-state index contributed by atoms with van der Waals surface area (Å²) in [7, 11) is 4.08. The number of rotatable bonds is 4. The number of aromatic nitrogens is 1. The van der Waals surface area contributed by atoms with Gasteiger partial charge >= 0.3 is 0 Å². The van der Waals surface area contributed by atoms with Gasteiger partial charge in [0.25, 0.3) is 0 Å². The van der Waals surface area contributed by atoms with Gasteiger partial charge in [-0.3, -0.25) is 14.7 Å². The van der Waals surface area contributed by atoms with Crippen LogP contribution in [0.2, 0.25) is 0 Å². The van der Waals surface area contributed by atoms with Crippen molar-refractivity contribution in [1.29, 1.82) is 0 Å². The van der Waals surface area contributed by atoms with Crippen LogP contribution in [0.25, 0.3) is 10.9 Å². The van der Waals surface area contributed by atoms with Crippen LogP contribution in [0.5, 0.6) is 0 Å². The Morgan fingerprint density at radius 3 is 2.53 bits per heavy atom. The molecule has 6 nitrogen and oxygen atoms in total. The molecule has 1 unspecified atom stereocenters. The van der Waals surface area contributed by atoms with Crippen LogP contribution in [0.3, 0.4) is 0 Å². The molecule has 2 aliphatic carbocycles. The molecule has 0 saturated heterocycles. The zero-order valence-corrected chi connectivity index (χ0v) is 21.8. The largest absolute Gasteiger partial charge is 0.545 e. The molecule has 1 atom stereocenters. The van der Waals surface area contributed by atoms with Crippen LogP contribution in [-0.4, -0.2) is 41.3 Å². The Bertz CT molecular complexity index is 1360. The maximum absolute atomic E-state index is 12.8. The van der Waals surface area contributed by atoms with Crippen molar-refractivity contribution in [2.45, 2.75) is 18.5 Å². The summed E-state index contributed by atoms with van der Waals surface area (Å²) in [5, 5.41) is 12.1. The van der Waals surface area contributed by atoms with E-state index in [9.17, 15) is 14.7 Å². The molecule has 0 radical (unpaired) electrons. The molecule has 3 aliphatic rings. The number of carbonyl (C=O) groups excluding carboxylic acids is 1. The van der Waals surface area contributed by atoms with E-state index in [2.05, 4.69) is 40.3 Å². The van der Waals surface area contributed by atoms with E-state index in [0.717, 1.165) is 16.8 Å². The quantitative estimate of drug-likeness (QED) is 0.492. The molecule has 2 heterocycles. The van der Waals surface area contributed by atoms with Crippen molar-refractivity contribution in [2.75, 3.05) is 14.1 Å². The number of carboxylic acids is 1. The Morgan fingerprint density at radius 1 is 1.18 bits per heavy atom. The van der Waals surface area contributed by atoms with Crippen molar-refractivity contribution in [3.05, 3.63) is 106 Å². The maximum atomic E-state index is 12.8. The third kappa shape index (κ3) is 4.36. The van der Waals surface area contributed by atoms with Crippen molar-refractivity contribution < 1.29 is 31.0 Å². The van der Waals surface area contributed by atoms with E-state index in [1.807, 2.05) is 44.6 Å². The average Bonchev–Trinajstić information content (AvgIpc) is 3.21. The van der Waals surface area contributed by atoms with E-state index >= 15 is 0 Å². The van der Waals surface area contributed by atoms with Gasteiger partial charge in [-0.05, 0) is 43.8 Å². The molecule has 0 N–H and O–H groups in total. The minimum absolute atomic E-state index is 0. The summed E-state index contributed by atoms with van der Waals surface area (Å²) in [6.07, 6.45) is 18.9. The first-order valence-electron chi connectivity index (χ1n) is 10.9. The van der Waals surface area contributed by atoms with Crippen molar-refractivity contribution in [3.8, 4) is 0 Å². The van der Waals surface area contributed by atoms with Crippen LogP contribution in [0.4, 0.5) is 0 Å². The topological polar surface area (TPSA) is 77.7 Å². The molecular formula is C27H23N3O3W-2. The third-order valence-electron chi connectivity index (χ3n) is 6.40. The van der Waals surface area contributed by atoms with Crippen molar-refractivity contribution in [3.63, 3.8) is 0 Å². The third-order valence-corrected chi connectivity index (χ3v) is 6.40. The van der Waals surface area contributed by atoms with Gasteiger partial charge in [0.1, 0.15) is 0 Å². The first kappa shape index (κ1) is 24.1. The Morgan fingerprint density at radius 2 is 1.88 bits per heavy atom. The van der Waals surface area contributed by atoms with Gasteiger partial charge in [0.15, 0.2) is 0 Å². The molecule has 34 heavy (non-hydrogen) atoms. The molecule has 1 aliphatic heterocycles. The average molecular weight is 621 g/mol. The Kier molecular flexibility index (Phi) is 6.83. The van der Waals surface area contributed by atoms with Gasteiger partial charge in [-0.15, -0.1) is 10.9 Å². The van der Waals surface area contributed by atoms with E-state index < -0.39 is 5.97 Å². The van der Waals surface area contributed by atoms with Gasteiger partial charge in [0, 0.05) is 51.3 Å². The van der Waals surface area contributed by atoms with Crippen LogP contribution < -0.4 is 10.7 Å². The maximum Gasteiger partial charge on any atom is 0.240 e. The molecule has 2 aromatic rings. The van der Waals surface area contributed by atoms with E-state index in [4.69, 9.17) is 0 Å². The SMILES string of the molecule is CN(C)C1C=CC(=CN=C2C=CC(C3Cc4[c-]ccc5c(C(=O)[O-])cc(=O)n3c45)C=C2)C=C1.[W]. The number of nitrogens with zero attached hydrogens (tertiary/aromatic N) is 3. The Balaban J connectivity index is 0.00000274. The number of carbonyl (C=O) groups is 1. The van der Waals surface area contributed by atoms with E-state index in [0.29, 0.717) is 23.4 Å². The Hall–Kier alpha value is -3.08. The van der Waals surface area contributed by atoms with Gasteiger partial charge in [-0.2, -0.15) is 18.2 Å². The Labute approximate surface area is 212 Å². The minimum Gasteiger partial charge on any atom is -0.545 e. The van der Waals surface area contributed by atoms with Gasteiger partial charge in [-0.1, -0.05) is 42.0 Å². The number of pyridine rings is 1. The monoisotopic (exact) mass is 621 g/mol. The minimum atomic E-state index is -1.34. The summed E-state index contributed by atoms with van der Waals surface area (Å²) in [6, 6.07) is 7.91. The molecular weight excluding hydrogens is 598 g/mol. The fraction of sp³-hybridized carbons (Fsp3) is 0.222. The predicted octanol–water partition coefficient (Wildman–Crippen LogP) is 2.38. The van der Waals surface area contributed by atoms with Crippen LogP contribution >= 0.6 is 0 Å². The van der Waals surface area contributed by atoms with Crippen LogP contribution in [0.15, 0.2) is 88.4 Å². The molecule has 5 rings (SSSR count). The zero-order chi connectivity index (χ0) is 23.1. The summed E-state index contributed by atoms with van der Waals surface area (Å²) in [6.45, 7) is 0. The molecule has 7 heteroatoms. The van der Waals surface area contributed by atoms with E-state index in [-0.39, 0.29) is 44.1 Å². The normalized spacial score (nSPS) is 22.4. The molecule has 172 valence electrons. The van der Waals surface area contributed by atoms with Crippen molar-refractivity contribution >= 4 is 22.6 Å². The number of hydrogen-bond acceptors (Lipinski definition) is 5. The van der Waals surface area contributed by atoms with Crippen molar-refractivity contribution in [1.82, 2.24) is 9.47 Å². The summed E-state index contributed by atoms with van der Waals surface area (Å²) in [4.78, 5) is 31.1. The number of aliphatic imine (C=N–C) groups is 1. The fourth-order valence-corrected chi connectivity index (χ4v) is 4.67. The zero-order valence-electron chi connectivity index (χ0n) is 18.8. The molecule has 0 saturated carbocycles. The van der Waals surface area contributed by atoms with E-state index in [1.54, 1.807) is 16.7 Å². The molecule has 0 amide bonds. The van der Waals surface area contributed by atoms with Crippen LogP contribution in [0.1, 0.15) is 22.0 Å². The standard InChI is InChI=1S/C27H24N3O3.W/c1-29(2)21-12-6-17(7-13-21)16-28-20-10-8-18(9-11-20)24-14-19-4-3-5-22-23(27(32)33)15-25(31)30(24)26(19)22;/h3,5-13,15-16,18,21,24H,14H2,1-2H3,(H,32,33);/q-1;/p-1. The number of likely N-dealkylation sites (N-methyl/N-ethyl adjacent to an activating group) is 1. The molecule has 0 spiro atoms. The number of carboxylic acid groups (broad SMARTS) is 1. The van der Waals surface area contributed by atoms with Crippen LogP contribution in [0, 0.1) is 12.0 Å². The first-order valence-corrected chi connectivity index (χ1v) is 10.9. The smallest absolute Gasteiger partial charge is 0.240 e. The second kappa shape index (κ2) is 9.65. The second-order valence-electron chi connectivity index (χ2n) is 8.69. The van der Waals surface area contributed by atoms with Crippen molar-refractivity contribution in [2.24, 2.45) is 10.9 Å². The number of aromatic carboxylic acids is 1. The number of hydrogen-bond donors (Lipinski definition) is 0. The fourth-order valence-electron chi connectivity index (χ4n) is 4.67. The summed E-state index contributed by atoms with van der Waals surface area (Å²) in [5.74, 6) is -1.35. The predicted molar refractivity (Wildman–Crippen MR) is 127 cm³/mol. The first-order chi connectivity index (χ1) is 15.9. The number of benzene rings is 1. The van der Waals surface area contributed by atoms with Crippen LogP contribution in [-0.2, 0) is 27.5 Å². The molecule has 1 aromatic heterocycles. The van der Waals surface area contributed by atoms with Gasteiger partial charge in [0.2, 0.25) is 5.56 Å². The summed E-state index contributed by atoms with van der Waals surface area (Å²) < 4.78 is 1.70. The second-order valence-corrected chi connectivity index (χ2v) is 8.69. The number of allylic oxidation sites excluding steroid dienone is 7. The van der Waals surface area contributed by atoms with Gasteiger partial charge < -0.3 is 14.5 Å².